The Morgan fingerprint density at radius 1 is 0.400 bits per heavy atom. The van der Waals surface area contributed by atoms with Crippen molar-refractivity contribution in [2.24, 2.45) is 0 Å². The van der Waals surface area contributed by atoms with Gasteiger partial charge in [0.15, 0.2) is 7.14 Å². The van der Waals surface area contributed by atoms with Gasteiger partial charge in [0.1, 0.15) is 0 Å². The molecule has 45 heavy (non-hydrogen) atoms. The number of hydrogen-bond donors (Lipinski definition) is 0. The van der Waals surface area contributed by atoms with Crippen molar-refractivity contribution in [2.75, 3.05) is 0 Å². The van der Waals surface area contributed by atoms with E-state index in [1.807, 2.05) is 36.4 Å². The van der Waals surface area contributed by atoms with Crippen molar-refractivity contribution < 1.29 is 4.57 Å². The van der Waals surface area contributed by atoms with Gasteiger partial charge in [-0.15, -0.1) is 0 Å². The molecule has 0 saturated heterocycles. The van der Waals surface area contributed by atoms with E-state index in [1.165, 1.54) is 43.1 Å². The fraction of sp³-hybridized carbons (Fsp3) is 0. The van der Waals surface area contributed by atoms with E-state index in [2.05, 4.69) is 126 Å². The predicted octanol–water partition coefficient (Wildman–Crippen LogP) is 9.86. The van der Waals surface area contributed by atoms with E-state index in [0.717, 1.165) is 43.8 Å². The first-order chi connectivity index (χ1) is 22.2. The van der Waals surface area contributed by atoms with Crippen LogP contribution in [-0.4, -0.2) is 4.57 Å². The molecule has 8 aromatic carbocycles. The minimum absolute atomic E-state index is 0.877. The van der Waals surface area contributed by atoms with Gasteiger partial charge in [0, 0.05) is 32.4 Å². The molecule has 210 valence electrons. The first-order valence-corrected chi connectivity index (χ1v) is 17.1. The molecule has 10 rings (SSSR count). The molecule has 0 saturated carbocycles. The number of fused-ring (bicyclic) bond motifs is 11. The normalized spacial score (nSPS) is 15.7. The lowest BCUT2D eigenvalue weighted by atomic mass is 9.97. The van der Waals surface area contributed by atoms with Crippen LogP contribution in [0, 0.1) is 0 Å². The lowest BCUT2D eigenvalue weighted by Crippen LogP contribution is -2.20. The third-order valence-corrected chi connectivity index (χ3v) is 12.9. The molecule has 0 N–H and O–H groups in total. The maximum absolute atomic E-state index is 15.4. The Morgan fingerprint density at radius 2 is 1.07 bits per heavy atom. The zero-order chi connectivity index (χ0) is 29.7. The summed E-state index contributed by atoms with van der Waals surface area (Å²) in [6, 6.07) is 55.8. The first-order valence-electron chi connectivity index (χ1n) is 15.4. The molecular weight excluding hydrogens is 565 g/mol. The Kier molecular flexibility index (Phi) is 5.02. The average molecular weight is 592 g/mol. The average Bonchev–Trinajstić information content (AvgIpc) is 3.57. The molecule has 1 aliphatic heterocycles. The van der Waals surface area contributed by atoms with Gasteiger partial charge in [-0.3, -0.25) is 0 Å². The quantitative estimate of drug-likeness (QED) is 0.145. The number of hydrogen-bond acceptors (Lipinski definition) is 1. The smallest absolute Gasteiger partial charge is 0.172 e. The summed E-state index contributed by atoms with van der Waals surface area (Å²) in [6.07, 6.45) is 0. The predicted molar refractivity (Wildman–Crippen MR) is 192 cm³/mol. The fourth-order valence-corrected chi connectivity index (χ4v) is 10.8. The maximum Gasteiger partial charge on any atom is 0.172 e. The Hall–Kier alpha value is -5.43. The molecule has 0 radical (unpaired) electrons. The molecule has 0 spiro atoms. The summed E-state index contributed by atoms with van der Waals surface area (Å²) in [5, 5.41) is 12.6. The number of aromatic nitrogens is 1. The van der Waals surface area contributed by atoms with E-state index >= 15 is 4.57 Å². The minimum atomic E-state index is -3.07. The lowest BCUT2D eigenvalue weighted by Gasteiger charge is -2.16. The van der Waals surface area contributed by atoms with Crippen LogP contribution in [0.4, 0.5) is 0 Å². The monoisotopic (exact) mass is 591 g/mol. The van der Waals surface area contributed by atoms with Gasteiger partial charge in [-0.25, -0.2) is 0 Å². The molecule has 9 aromatic rings. The summed E-state index contributed by atoms with van der Waals surface area (Å²) in [6.45, 7) is 0. The number of rotatable bonds is 2. The molecule has 3 heteroatoms. The van der Waals surface area contributed by atoms with Gasteiger partial charge in [0.05, 0.1) is 11.0 Å². The minimum Gasteiger partial charge on any atom is -0.309 e. The summed E-state index contributed by atoms with van der Waals surface area (Å²) >= 11 is 0. The van der Waals surface area contributed by atoms with Crippen molar-refractivity contribution in [2.45, 2.75) is 0 Å². The molecule has 0 amide bonds. The highest BCUT2D eigenvalue weighted by atomic mass is 31.2. The van der Waals surface area contributed by atoms with Crippen LogP contribution >= 0.6 is 7.14 Å². The van der Waals surface area contributed by atoms with E-state index in [4.69, 9.17) is 0 Å². The molecule has 1 aliphatic rings. The maximum atomic E-state index is 15.4. The molecule has 0 bridgehead atoms. The third kappa shape index (κ3) is 3.32. The molecule has 2 heterocycles. The second-order valence-corrected chi connectivity index (χ2v) is 14.8. The summed E-state index contributed by atoms with van der Waals surface area (Å²) in [5.74, 6) is 0. The first kappa shape index (κ1) is 25.0. The van der Waals surface area contributed by atoms with Crippen molar-refractivity contribution in [3.63, 3.8) is 0 Å². The van der Waals surface area contributed by atoms with Crippen LogP contribution in [0.25, 0.3) is 70.9 Å². The van der Waals surface area contributed by atoms with E-state index in [9.17, 15) is 0 Å². The largest absolute Gasteiger partial charge is 0.309 e. The van der Waals surface area contributed by atoms with Crippen molar-refractivity contribution in [3.8, 4) is 16.8 Å². The zero-order valence-electron chi connectivity index (χ0n) is 24.3. The second kappa shape index (κ2) is 9.05. The highest BCUT2D eigenvalue weighted by Gasteiger charge is 2.40. The van der Waals surface area contributed by atoms with Gasteiger partial charge < -0.3 is 9.13 Å². The number of para-hydroxylation sites is 1. The molecule has 1 atom stereocenters. The highest BCUT2D eigenvalue weighted by molar-refractivity contribution is 7.86. The number of nitrogens with zero attached hydrogens (tertiary/aromatic N) is 1. The molecule has 1 aromatic heterocycles. The standard InChI is InChI=1S/C42H26NOP/c44-45(30-11-2-1-3-12-30)41-17-9-7-15-35(41)38-25-37-34-14-6-8-16-39(34)43(40(37)26-42(38)45)29-21-18-28-20-22-32-31-13-5-4-10-27(31)19-23-33(32)36(28)24-29/h1-26H. The Labute approximate surface area is 260 Å². The molecule has 2 nitrogen and oxygen atoms in total. The van der Waals surface area contributed by atoms with Crippen LogP contribution in [0.2, 0.25) is 0 Å². The van der Waals surface area contributed by atoms with Crippen LogP contribution in [0.15, 0.2) is 158 Å². The second-order valence-electron chi connectivity index (χ2n) is 12.1. The molecule has 0 fully saturated rings. The van der Waals surface area contributed by atoms with Gasteiger partial charge in [-0.05, 0) is 73.8 Å². The summed E-state index contributed by atoms with van der Waals surface area (Å²) < 4.78 is 17.7. The van der Waals surface area contributed by atoms with E-state index in [0.29, 0.717) is 0 Å². The zero-order valence-corrected chi connectivity index (χ0v) is 25.2. The van der Waals surface area contributed by atoms with Crippen molar-refractivity contribution in [1.29, 1.82) is 0 Å². The van der Waals surface area contributed by atoms with E-state index in [-0.39, 0.29) is 0 Å². The third-order valence-electron chi connectivity index (χ3n) is 9.77. The van der Waals surface area contributed by atoms with Crippen molar-refractivity contribution in [1.82, 2.24) is 4.57 Å². The van der Waals surface area contributed by atoms with Gasteiger partial charge in [-0.1, -0.05) is 127 Å². The van der Waals surface area contributed by atoms with Crippen molar-refractivity contribution >= 4 is 77.2 Å². The van der Waals surface area contributed by atoms with Gasteiger partial charge in [0.2, 0.25) is 0 Å². The summed E-state index contributed by atoms with van der Waals surface area (Å²) in [5.41, 5.74) is 5.46. The van der Waals surface area contributed by atoms with Crippen LogP contribution in [0.1, 0.15) is 0 Å². The van der Waals surface area contributed by atoms with Crippen LogP contribution in [0.5, 0.6) is 0 Å². The fourth-order valence-electron chi connectivity index (χ4n) is 7.73. The van der Waals surface area contributed by atoms with Crippen LogP contribution in [0.3, 0.4) is 0 Å². The summed E-state index contributed by atoms with van der Waals surface area (Å²) in [7, 11) is -3.07. The molecule has 1 unspecified atom stereocenters. The Bertz CT molecular complexity index is 2740. The van der Waals surface area contributed by atoms with E-state index < -0.39 is 7.14 Å². The molecule has 0 aliphatic carbocycles. The summed E-state index contributed by atoms with van der Waals surface area (Å²) in [4.78, 5) is 0. The topological polar surface area (TPSA) is 22.0 Å². The number of benzene rings is 8. The lowest BCUT2D eigenvalue weighted by molar-refractivity contribution is 0.593. The van der Waals surface area contributed by atoms with Gasteiger partial charge in [0.25, 0.3) is 0 Å². The van der Waals surface area contributed by atoms with E-state index in [1.54, 1.807) is 0 Å². The SMILES string of the molecule is O=P1(c2ccccc2)c2ccccc2-c2cc3c4ccccc4n(-c4ccc5ccc6c7ccccc7ccc6c5c4)c3cc21. The van der Waals surface area contributed by atoms with Crippen molar-refractivity contribution in [3.05, 3.63) is 158 Å². The van der Waals surface area contributed by atoms with Crippen LogP contribution in [-0.2, 0) is 4.57 Å². The van der Waals surface area contributed by atoms with Crippen LogP contribution < -0.4 is 15.9 Å². The highest BCUT2D eigenvalue weighted by Crippen LogP contribution is 2.53. The van der Waals surface area contributed by atoms with Gasteiger partial charge >= 0.3 is 0 Å². The molecular formula is C42H26NOP. The van der Waals surface area contributed by atoms with Gasteiger partial charge in [-0.2, -0.15) is 0 Å². The Morgan fingerprint density at radius 3 is 1.93 bits per heavy atom. The Balaban J connectivity index is 1.30.